The number of halogens is 2. The number of hydrogen-bond donors (Lipinski definition) is 3. The van der Waals surface area contributed by atoms with Gasteiger partial charge in [-0.3, -0.25) is 0 Å². The largest absolute Gasteiger partial charge is 0.478 e. The molecule has 1 rings (SSSR count). The van der Waals surface area contributed by atoms with Gasteiger partial charge in [-0.25, -0.2) is 4.79 Å². The van der Waals surface area contributed by atoms with Gasteiger partial charge in [-0.15, -0.1) is 24.8 Å². The molecule has 0 radical (unpaired) electrons. The van der Waals surface area contributed by atoms with Gasteiger partial charge in [0.15, 0.2) is 0 Å². The third-order valence-corrected chi connectivity index (χ3v) is 2.49. The van der Waals surface area contributed by atoms with Crippen molar-refractivity contribution in [3.05, 3.63) is 35.4 Å². The highest BCUT2D eigenvalue weighted by Crippen LogP contribution is 2.03. The predicted molar refractivity (Wildman–Crippen MR) is 82.8 cm³/mol. The molecule has 19 heavy (non-hydrogen) atoms. The van der Waals surface area contributed by atoms with Crippen LogP contribution in [0.1, 0.15) is 29.3 Å². The average molecular weight is 309 g/mol. The molecule has 1 aromatic rings. The van der Waals surface area contributed by atoms with Gasteiger partial charge in [0.05, 0.1) is 5.56 Å². The molecule has 0 aromatic heterocycles. The maximum atomic E-state index is 10.7. The normalized spacial score (nSPS) is 9.32. The lowest BCUT2D eigenvalue weighted by molar-refractivity contribution is 0.0697. The molecule has 0 fully saturated rings. The Hall–Kier alpha value is -0.810. The molecule has 6 heteroatoms. The summed E-state index contributed by atoms with van der Waals surface area (Å²) in [4.78, 5) is 10.7. The van der Waals surface area contributed by atoms with Crippen molar-refractivity contribution >= 4 is 30.8 Å². The van der Waals surface area contributed by atoms with Crippen molar-refractivity contribution in [2.24, 2.45) is 0 Å². The number of nitrogens with one attached hydrogen (secondary N) is 2. The van der Waals surface area contributed by atoms with Crippen LogP contribution in [0.3, 0.4) is 0 Å². The third-order valence-electron chi connectivity index (χ3n) is 2.49. The zero-order chi connectivity index (χ0) is 12.5. The van der Waals surface area contributed by atoms with Crippen molar-refractivity contribution in [1.82, 2.24) is 10.6 Å². The fourth-order valence-electron chi connectivity index (χ4n) is 1.51. The Kier molecular flexibility index (Phi) is 13.2. The molecule has 0 aliphatic rings. The summed E-state index contributed by atoms with van der Waals surface area (Å²) < 4.78 is 0. The minimum atomic E-state index is -0.879. The van der Waals surface area contributed by atoms with E-state index in [1.165, 1.54) is 0 Å². The number of carboxylic acid groups (broad SMARTS) is 1. The zero-order valence-electron chi connectivity index (χ0n) is 11.0. The molecule has 0 aliphatic heterocycles. The first-order valence-electron chi connectivity index (χ1n) is 5.97. The molecule has 0 atom stereocenters. The molecular weight excluding hydrogens is 287 g/mol. The fourth-order valence-corrected chi connectivity index (χ4v) is 1.51. The molecule has 1 aromatic carbocycles. The highest BCUT2D eigenvalue weighted by atomic mass is 35.5. The molecule has 0 spiro atoms. The van der Waals surface area contributed by atoms with Gasteiger partial charge in [0.2, 0.25) is 0 Å². The van der Waals surface area contributed by atoms with E-state index in [-0.39, 0.29) is 24.8 Å². The highest BCUT2D eigenvalue weighted by Gasteiger charge is 2.00. The van der Waals surface area contributed by atoms with Gasteiger partial charge < -0.3 is 15.7 Å². The SMILES string of the molecule is CCNCCCNCc1ccc(C(=O)O)cc1.Cl.Cl. The molecule has 0 aliphatic carbocycles. The summed E-state index contributed by atoms with van der Waals surface area (Å²) in [7, 11) is 0. The average Bonchev–Trinajstić information content (AvgIpc) is 2.34. The Morgan fingerprint density at radius 1 is 1.11 bits per heavy atom. The Labute approximate surface area is 126 Å². The van der Waals surface area contributed by atoms with Crippen molar-refractivity contribution in [2.75, 3.05) is 19.6 Å². The van der Waals surface area contributed by atoms with Gasteiger partial charge in [-0.1, -0.05) is 19.1 Å². The fraction of sp³-hybridized carbons (Fsp3) is 0.462. The smallest absolute Gasteiger partial charge is 0.335 e. The quantitative estimate of drug-likeness (QED) is 0.645. The van der Waals surface area contributed by atoms with E-state index < -0.39 is 5.97 Å². The number of carboxylic acids is 1. The van der Waals surface area contributed by atoms with Gasteiger partial charge in [0, 0.05) is 6.54 Å². The van der Waals surface area contributed by atoms with Gasteiger partial charge in [0.25, 0.3) is 0 Å². The number of benzene rings is 1. The lowest BCUT2D eigenvalue weighted by atomic mass is 10.1. The van der Waals surface area contributed by atoms with Gasteiger partial charge in [0.1, 0.15) is 0 Å². The predicted octanol–water partition coefficient (Wildman–Crippen LogP) is 2.32. The van der Waals surface area contributed by atoms with Crippen molar-refractivity contribution in [3.8, 4) is 0 Å². The molecule has 110 valence electrons. The maximum Gasteiger partial charge on any atom is 0.335 e. The summed E-state index contributed by atoms with van der Waals surface area (Å²) in [5.74, 6) is -0.879. The van der Waals surface area contributed by atoms with Crippen LogP contribution in [0.15, 0.2) is 24.3 Å². The van der Waals surface area contributed by atoms with E-state index in [9.17, 15) is 4.79 Å². The lowest BCUT2D eigenvalue weighted by Crippen LogP contribution is -2.21. The van der Waals surface area contributed by atoms with Crippen LogP contribution < -0.4 is 10.6 Å². The summed E-state index contributed by atoms with van der Waals surface area (Å²) in [6, 6.07) is 6.97. The summed E-state index contributed by atoms with van der Waals surface area (Å²) >= 11 is 0. The second-order valence-electron chi connectivity index (χ2n) is 3.89. The first kappa shape index (κ1) is 20.5. The molecule has 0 amide bonds. The number of rotatable bonds is 8. The van der Waals surface area contributed by atoms with Crippen LogP contribution in [0.25, 0.3) is 0 Å². The van der Waals surface area contributed by atoms with Crippen LogP contribution in [0.2, 0.25) is 0 Å². The molecule has 0 bridgehead atoms. The third kappa shape index (κ3) is 8.83. The molecule has 0 saturated carbocycles. The van der Waals surface area contributed by atoms with E-state index in [1.807, 2.05) is 12.1 Å². The van der Waals surface area contributed by atoms with E-state index in [0.717, 1.165) is 38.2 Å². The number of carbonyl (C=O) groups is 1. The molecule has 4 nitrogen and oxygen atoms in total. The van der Waals surface area contributed by atoms with E-state index in [1.54, 1.807) is 12.1 Å². The summed E-state index contributed by atoms with van der Waals surface area (Å²) in [6.07, 6.45) is 1.10. The van der Waals surface area contributed by atoms with Gasteiger partial charge in [-0.05, 0) is 43.8 Å². The monoisotopic (exact) mass is 308 g/mol. The van der Waals surface area contributed by atoms with Crippen LogP contribution in [0, 0.1) is 0 Å². The van der Waals surface area contributed by atoms with E-state index >= 15 is 0 Å². The van der Waals surface area contributed by atoms with Crippen LogP contribution in [-0.4, -0.2) is 30.7 Å². The lowest BCUT2D eigenvalue weighted by Gasteiger charge is -2.05. The van der Waals surface area contributed by atoms with E-state index in [0.29, 0.717) is 5.56 Å². The van der Waals surface area contributed by atoms with Gasteiger partial charge >= 0.3 is 5.97 Å². The minimum Gasteiger partial charge on any atom is -0.478 e. The Balaban J connectivity index is 0. The highest BCUT2D eigenvalue weighted by molar-refractivity contribution is 5.87. The Morgan fingerprint density at radius 3 is 2.21 bits per heavy atom. The molecule has 0 saturated heterocycles. The zero-order valence-corrected chi connectivity index (χ0v) is 12.6. The van der Waals surface area contributed by atoms with Crippen LogP contribution in [0.4, 0.5) is 0 Å². The van der Waals surface area contributed by atoms with Crippen molar-refractivity contribution < 1.29 is 9.90 Å². The minimum absolute atomic E-state index is 0. The van der Waals surface area contributed by atoms with Crippen molar-refractivity contribution in [1.29, 1.82) is 0 Å². The first-order chi connectivity index (χ1) is 8.24. The maximum absolute atomic E-state index is 10.7. The number of aromatic carboxylic acids is 1. The summed E-state index contributed by atoms with van der Waals surface area (Å²) in [5, 5.41) is 15.3. The molecule has 0 heterocycles. The summed E-state index contributed by atoms with van der Waals surface area (Å²) in [6.45, 7) is 5.88. The second-order valence-corrected chi connectivity index (χ2v) is 3.89. The summed E-state index contributed by atoms with van der Waals surface area (Å²) in [5.41, 5.74) is 1.44. The Bertz CT molecular complexity index is 345. The Morgan fingerprint density at radius 2 is 1.68 bits per heavy atom. The van der Waals surface area contributed by atoms with Crippen molar-refractivity contribution in [3.63, 3.8) is 0 Å². The number of hydrogen-bond acceptors (Lipinski definition) is 3. The molecule has 3 N–H and O–H groups in total. The first-order valence-corrected chi connectivity index (χ1v) is 5.97. The standard InChI is InChI=1S/C13H20N2O2.2ClH/c1-2-14-8-3-9-15-10-11-4-6-12(7-5-11)13(16)17;;/h4-7,14-15H,2-3,8-10H2,1H3,(H,16,17);2*1H. The molecular formula is C13H22Cl2N2O2. The van der Waals surface area contributed by atoms with E-state index in [4.69, 9.17) is 5.11 Å². The second kappa shape index (κ2) is 12.2. The molecule has 0 unspecified atom stereocenters. The van der Waals surface area contributed by atoms with Crippen LogP contribution >= 0.6 is 24.8 Å². The van der Waals surface area contributed by atoms with Gasteiger partial charge in [-0.2, -0.15) is 0 Å². The topological polar surface area (TPSA) is 61.4 Å². The van der Waals surface area contributed by atoms with Crippen molar-refractivity contribution in [2.45, 2.75) is 19.9 Å². The van der Waals surface area contributed by atoms with Crippen LogP contribution in [-0.2, 0) is 6.54 Å². The van der Waals surface area contributed by atoms with Crippen LogP contribution in [0.5, 0.6) is 0 Å². The van der Waals surface area contributed by atoms with E-state index in [2.05, 4.69) is 17.6 Å².